The van der Waals surface area contributed by atoms with Crippen molar-refractivity contribution >= 4 is 35.2 Å². The molecule has 1 N–H and O–H groups in total. The predicted octanol–water partition coefficient (Wildman–Crippen LogP) is 5.46. The molecule has 0 aliphatic rings. The van der Waals surface area contributed by atoms with Gasteiger partial charge in [0.05, 0.1) is 0 Å². The number of carbonyl (C=O) groups is 2. The molecule has 30 heavy (non-hydrogen) atoms. The second-order valence-corrected chi connectivity index (χ2v) is 8.88. The molecule has 6 heteroatoms. The molecule has 162 valence electrons. The van der Waals surface area contributed by atoms with Crippen molar-refractivity contribution in [1.82, 2.24) is 10.2 Å². The molecule has 0 aliphatic carbocycles. The Labute approximate surface area is 189 Å². The van der Waals surface area contributed by atoms with E-state index in [1.807, 2.05) is 38.1 Å². The number of benzene rings is 2. The van der Waals surface area contributed by atoms with Crippen molar-refractivity contribution in [3.63, 3.8) is 0 Å². The lowest BCUT2D eigenvalue weighted by atomic mass is 10.1. The van der Waals surface area contributed by atoms with Crippen LogP contribution in [0.15, 0.2) is 53.4 Å². The molecule has 2 aromatic carbocycles. The van der Waals surface area contributed by atoms with E-state index < -0.39 is 6.04 Å². The van der Waals surface area contributed by atoms with E-state index in [2.05, 4.69) is 36.5 Å². The Bertz CT molecular complexity index is 809. The van der Waals surface area contributed by atoms with E-state index >= 15 is 0 Å². The van der Waals surface area contributed by atoms with Gasteiger partial charge in [0, 0.05) is 35.2 Å². The molecule has 0 bridgehead atoms. The highest BCUT2D eigenvalue weighted by Gasteiger charge is 2.28. The lowest BCUT2D eigenvalue weighted by Crippen LogP contribution is -2.49. The van der Waals surface area contributed by atoms with Gasteiger partial charge in [0.15, 0.2) is 0 Å². The molecule has 0 saturated carbocycles. The third-order valence-electron chi connectivity index (χ3n) is 4.81. The highest BCUT2D eigenvalue weighted by atomic mass is 35.5. The summed E-state index contributed by atoms with van der Waals surface area (Å²) in [6.07, 6.45) is 1.81. The number of amides is 2. The average molecular weight is 447 g/mol. The summed E-state index contributed by atoms with van der Waals surface area (Å²) in [5.41, 5.74) is 2.18. The number of halogens is 1. The van der Waals surface area contributed by atoms with Crippen LogP contribution < -0.4 is 5.32 Å². The van der Waals surface area contributed by atoms with Gasteiger partial charge in [-0.05, 0) is 49.6 Å². The Morgan fingerprint density at radius 3 is 2.33 bits per heavy atom. The molecule has 0 saturated heterocycles. The third kappa shape index (κ3) is 7.69. The summed E-state index contributed by atoms with van der Waals surface area (Å²) in [6, 6.07) is 15.2. The van der Waals surface area contributed by atoms with Crippen molar-refractivity contribution < 1.29 is 9.59 Å². The van der Waals surface area contributed by atoms with Gasteiger partial charge in [-0.2, -0.15) is 0 Å². The summed E-state index contributed by atoms with van der Waals surface area (Å²) in [6.45, 7) is 7.02. The van der Waals surface area contributed by atoms with Gasteiger partial charge >= 0.3 is 0 Å². The molecular formula is C24H31ClN2O2S. The maximum atomic E-state index is 13.1. The second kappa shape index (κ2) is 12.7. The standard InChI is InChI=1S/C24H31ClN2O2S/c1-4-15-26-24(29)22(5-2)27(17-19-8-10-20(25)11-9-19)23(28)14-16-30-21-12-6-18(3)7-13-21/h6-13,22H,4-5,14-17H2,1-3H3,(H,26,29). The fraction of sp³-hybridized carbons (Fsp3) is 0.417. The number of nitrogens with one attached hydrogen (secondary N) is 1. The summed E-state index contributed by atoms with van der Waals surface area (Å²) in [7, 11) is 0. The Morgan fingerprint density at radius 2 is 1.73 bits per heavy atom. The van der Waals surface area contributed by atoms with Gasteiger partial charge in [0.1, 0.15) is 6.04 Å². The number of nitrogens with zero attached hydrogens (tertiary/aromatic N) is 1. The molecule has 1 atom stereocenters. The molecule has 0 radical (unpaired) electrons. The molecule has 2 amide bonds. The topological polar surface area (TPSA) is 49.4 Å². The van der Waals surface area contributed by atoms with Gasteiger partial charge in [-0.3, -0.25) is 9.59 Å². The van der Waals surface area contributed by atoms with Crippen molar-refractivity contribution in [3.05, 3.63) is 64.7 Å². The molecule has 0 spiro atoms. The zero-order chi connectivity index (χ0) is 21.9. The molecule has 0 fully saturated rings. The van der Waals surface area contributed by atoms with Gasteiger partial charge in [0.2, 0.25) is 11.8 Å². The molecule has 2 aromatic rings. The Kier molecular flexibility index (Phi) is 10.2. The largest absolute Gasteiger partial charge is 0.354 e. The lowest BCUT2D eigenvalue weighted by molar-refractivity contribution is -0.141. The SMILES string of the molecule is CCCNC(=O)C(CC)N(Cc1ccc(Cl)cc1)C(=O)CCSc1ccc(C)cc1. The summed E-state index contributed by atoms with van der Waals surface area (Å²) >= 11 is 7.66. The minimum Gasteiger partial charge on any atom is -0.354 e. The predicted molar refractivity (Wildman–Crippen MR) is 126 cm³/mol. The summed E-state index contributed by atoms with van der Waals surface area (Å²) in [5, 5.41) is 3.59. The van der Waals surface area contributed by atoms with E-state index in [4.69, 9.17) is 11.6 Å². The Morgan fingerprint density at radius 1 is 1.07 bits per heavy atom. The fourth-order valence-electron chi connectivity index (χ4n) is 3.11. The van der Waals surface area contributed by atoms with Crippen LogP contribution in [0.25, 0.3) is 0 Å². The first-order valence-electron chi connectivity index (χ1n) is 10.5. The summed E-state index contributed by atoms with van der Waals surface area (Å²) in [4.78, 5) is 28.7. The third-order valence-corrected chi connectivity index (χ3v) is 6.07. The average Bonchev–Trinajstić information content (AvgIpc) is 2.74. The number of aryl methyl sites for hydroxylation is 1. The molecule has 0 aromatic heterocycles. The second-order valence-electron chi connectivity index (χ2n) is 7.27. The van der Waals surface area contributed by atoms with Crippen LogP contribution in [0.3, 0.4) is 0 Å². The minimum absolute atomic E-state index is 0.0111. The first kappa shape index (κ1) is 24.3. The van der Waals surface area contributed by atoms with Crippen molar-refractivity contribution in [1.29, 1.82) is 0 Å². The fourth-order valence-corrected chi connectivity index (χ4v) is 4.07. The van der Waals surface area contributed by atoms with Crippen LogP contribution in [0.1, 0.15) is 44.2 Å². The molecular weight excluding hydrogens is 416 g/mol. The number of rotatable bonds is 11. The number of carbonyl (C=O) groups excluding carboxylic acids is 2. The van der Waals surface area contributed by atoms with Gasteiger partial charge in [0.25, 0.3) is 0 Å². The van der Waals surface area contributed by atoms with Crippen LogP contribution in [0.5, 0.6) is 0 Å². The normalized spacial score (nSPS) is 11.7. The maximum Gasteiger partial charge on any atom is 0.242 e. The zero-order valence-corrected chi connectivity index (χ0v) is 19.6. The number of hydrogen-bond acceptors (Lipinski definition) is 3. The quantitative estimate of drug-likeness (QED) is 0.466. The number of hydrogen-bond donors (Lipinski definition) is 1. The minimum atomic E-state index is -0.482. The van der Waals surface area contributed by atoms with E-state index in [-0.39, 0.29) is 11.8 Å². The molecule has 1 unspecified atom stereocenters. The van der Waals surface area contributed by atoms with Crippen LogP contribution in [0.2, 0.25) is 5.02 Å². The van der Waals surface area contributed by atoms with Crippen molar-refractivity contribution in [2.24, 2.45) is 0 Å². The highest BCUT2D eigenvalue weighted by Crippen LogP contribution is 2.21. The van der Waals surface area contributed by atoms with E-state index in [9.17, 15) is 9.59 Å². The van der Waals surface area contributed by atoms with Crippen LogP contribution in [-0.2, 0) is 16.1 Å². The van der Waals surface area contributed by atoms with E-state index in [0.29, 0.717) is 36.7 Å². The first-order chi connectivity index (χ1) is 14.4. The molecule has 0 heterocycles. The van der Waals surface area contributed by atoms with Crippen LogP contribution >= 0.6 is 23.4 Å². The number of thioether (sulfide) groups is 1. The van der Waals surface area contributed by atoms with Crippen molar-refractivity contribution in [2.45, 2.75) is 57.5 Å². The van der Waals surface area contributed by atoms with Crippen LogP contribution in [0.4, 0.5) is 0 Å². The molecule has 4 nitrogen and oxygen atoms in total. The van der Waals surface area contributed by atoms with Gasteiger partial charge in [-0.15, -0.1) is 11.8 Å². The summed E-state index contributed by atoms with van der Waals surface area (Å²) in [5.74, 6) is 0.572. The van der Waals surface area contributed by atoms with Crippen LogP contribution in [-0.4, -0.2) is 35.1 Å². The monoisotopic (exact) mass is 446 g/mol. The van der Waals surface area contributed by atoms with Crippen molar-refractivity contribution in [2.75, 3.05) is 12.3 Å². The van der Waals surface area contributed by atoms with Crippen molar-refractivity contribution in [3.8, 4) is 0 Å². The smallest absolute Gasteiger partial charge is 0.242 e. The van der Waals surface area contributed by atoms with Gasteiger partial charge in [-0.25, -0.2) is 0 Å². The van der Waals surface area contributed by atoms with Gasteiger partial charge in [-0.1, -0.05) is 55.3 Å². The zero-order valence-electron chi connectivity index (χ0n) is 18.0. The van der Waals surface area contributed by atoms with E-state index in [0.717, 1.165) is 16.9 Å². The molecule has 0 aliphatic heterocycles. The molecule has 2 rings (SSSR count). The summed E-state index contributed by atoms with van der Waals surface area (Å²) < 4.78 is 0. The van der Waals surface area contributed by atoms with E-state index in [1.54, 1.807) is 16.7 Å². The Balaban J connectivity index is 2.09. The Hall–Kier alpha value is -1.98. The van der Waals surface area contributed by atoms with E-state index in [1.165, 1.54) is 5.56 Å². The first-order valence-corrected chi connectivity index (χ1v) is 11.8. The lowest BCUT2D eigenvalue weighted by Gasteiger charge is -2.30. The maximum absolute atomic E-state index is 13.1. The van der Waals surface area contributed by atoms with Crippen LogP contribution in [0, 0.1) is 6.92 Å². The highest BCUT2D eigenvalue weighted by molar-refractivity contribution is 7.99. The van der Waals surface area contributed by atoms with Gasteiger partial charge < -0.3 is 10.2 Å².